The summed E-state index contributed by atoms with van der Waals surface area (Å²) >= 11 is 0. The van der Waals surface area contributed by atoms with Gasteiger partial charge in [0, 0.05) is 17.5 Å². The lowest BCUT2D eigenvalue weighted by molar-refractivity contribution is 0.0730. The number of Topliss-reactive ketones (excluding diaryl/α,β-unsaturated/α-hetero) is 1. The van der Waals surface area contributed by atoms with E-state index in [0.717, 1.165) is 56.5 Å². The highest BCUT2D eigenvalue weighted by atomic mass is 16.5. The Balaban J connectivity index is 1.80. The van der Waals surface area contributed by atoms with Crippen molar-refractivity contribution in [2.75, 3.05) is 13.1 Å². The summed E-state index contributed by atoms with van der Waals surface area (Å²) < 4.78 is 5.80. The van der Waals surface area contributed by atoms with Crippen molar-refractivity contribution in [2.24, 2.45) is 5.41 Å². The Kier molecular flexibility index (Phi) is 3.79. The van der Waals surface area contributed by atoms with Crippen LogP contribution in [0.3, 0.4) is 0 Å². The second kappa shape index (κ2) is 5.57. The van der Waals surface area contributed by atoms with Gasteiger partial charge in [0.1, 0.15) is 5.75 Å². The maximum Gasteiger partial charge on any atom is 0.170 e. The summed E-state index contributed by atoms with van der Waals surface area (Å²) in [6.45, 7) is 3.95. The van der Waals surface area contributed by atoms with E-state index in [1.807, 2.05) is 24.3 Å². The molecule has 1 saturated carbocycles. The fourth-order valence-corrected chi connectivity index (χ4v) is 3.02. The molecule has 1 aliphatic carbocycles. The molecule has 3 rings (SSSR count). The fourth-order valence-electron chi connectivity index (χ4n) is 3.02. The first kappa shape index (κ1) is 13.6. The molecule has 1 aromatic rings. The van der Waals surface area contributed by atoms with E-state index in [2.05, 4.69) is 12.2 Å². The number of carbonyl (C=O) groups is 1. The fraction of sp³-hybridized carbons (Fsp3) is 0.588. The summed E-state index contributed by atoms with van der Waals surface area (Å²) in [4.78, 5) is 12.9. The van der Waals surface area contributed by atoms with Crippen LogP contribution in [-0.4, -0.2) is 25.0 Å². The van der Waals surface area contributed by atoms with Gasteiger partial charge in [0.2, 0.25) is 0 Å². The number of nitrogens with one attached hydrogen (secondary N) is 1. The first-order chi connectivity index (χ1) is 9.73. The molecule has 1 aliphatic heterocycles. The standard InChI is InChI=1S/C17H23NO2/c1-2-17(9-4-10-18-12-17)16(19)13-5-3-6-15(11-13)20-14-7-8-14/h3,5-6,11,14,18H,2,4,7-10,12H2,1H3. The summed E-state index contributed by atoms with van der Waals surface area (Å²) in [7, 11) is 0. The van der Waals surface area contributed by atoms with Crippen LogP contribution < -0.4 is 10.1 Å². The van der Waals surface area contributed by atoms with E-state index in [-0.39, 0.29) is 11.2 Å². The Labute approximate surface area is 120 Å². The average Bonchev–Trinajstić information content (AvgIpc) is 3.31. The number of carbonyl (C=O) groups excluding carboxylic acids is 1. The Morgan fingerprint density at radius 2 is 2.30 bits per heavy atom. The van der Waals surface area contributed by atoms with Crippen LogP contribution in [-0.2, 0) is 0 Å². The van der Waals surface area contributed by atoms with Gasteiger partial charge in [-0.25, -0.2) is 0 Å². The number of ether oxygens (including phenoxy) is 1. The molecule has 0 bridgehead atoms. The van der Waals surface area contributed by atoms with E-state index in [1.165, 1.54) is 0 Å². The van der Waals surface area contributed by atoms with Crippen LogP contribution in [0.1, 0.15) is 49.4 Å². The van der Waals surface area contributed by atoms with Crippen molar-refractivity contribution < 1.29 is 9.53 Å². The van der Waals surface area contributed by atoms with Gasteiger partial charge in [0.25, 0.3) is 0 Å². The largest absolute Gasteiger partial charge is 0.490 e. The van der Waals surface area contributed by atoms with E-state index in [1.54, 1.807) is 0 Å². The number of benzene rings is 1. The summed E-state index contributed by atoms with van der Waals surface area (Å²) in [6, 6.07) is 7.73. The minimum Gasteiger partial charge on any atom is -0.490 e. The Hall–Kier alpha value is -1.35. The van der Waals surface area contributed by atoms with E-state index in [9.17, 15) is 4.79 Å². The molecule has 0 radical (unpaired) electrons. The normalized spacial score (nSPS) is 26.2. The molecule has 1 heterocycles. The number of ketones is 1. The van der Waals surface area contributed by atoms with Crippen LogP contribution in [0, 0.1) is 5.41 Å². The maximum absolute atomic E-state index is 12.9. The second-order valence-corrected chi connectivity index (χ2v) is 6.09. The quantitative estimate of drug-likeness (QED) is 0.837. The molecule has 20 heavy (non-hydrogen) atoms. The van der Waals surface area contributed by atoms with E-state index < -0.39 is 0 Å². The summed E-state index contributed by atoms with van der Waals surface area (Å²) in [6.07, 6.45) is 5.62. The van der Waals surface area contributed by atoms with Crippen molar-refractivity contribution in [2.45, 2.75) is 45.1 Å². The van der Waals surface area contributed by atoms with E-state index in [4.69, 9.17) is 4.74 Å². The predicted octanol–water partition coefficient (Wildman–Crippen LogP) is 3.19. The van der Waals surface area contributed by atoms with Crippen molar-refractivity contribution in [3.8, 4) is 5.75 Å². The van der Waals surface area contributed by atoms with Gasteiger partial charge in [-0.1, -0.05) is 19.1 Å². The van der Waals surface area contributed by atoms with E-state index in [0.29, 0.717) is 6.10 Å². The zero-order valence-electron chi connectivity index (χ0n) is 12.2. The summed E-state index contributed by atoms with van der Waals surface area (Å²) in [5, 5.41) is 3.38. The third-order valence-corrected chi connectivity index (χ3v) is 4.55. The zero-order chi connectivity index (χ0) is 14.0. The molecular formula is C17H23NO2. The van der Waals surface area contributed by atoms with Gasteiger partial charge in [0.15, 0.2) is 5.78 Å². The van der Waals surface area contributed by atoms with Crippen molar-refractivity contribution in [3.63, 3.8) is 0 Å². The first-order valence-electron chi connectivity index (χ1n) is 7.76. The molecule has 1 N–H and O–H groups in total. The molecule has 1 unspecified atom stereocenters. The summed E-state index contributed by atoms with van der Waals surface area (Å²) in [5.74, 6) is 1.11. The predicted molar refractivity (Wildman–Crippen MR) is 79.3 cm³/mol. The highest BCUT2D eigenvalue weighted by molar-refractivity contribution is 6.01. The molecule has 1 aromatic carbocycles. The van der Waals surface area contributed by atoms with Gasteiger partial charge in [0.05, 0.1) is 6.10 Å². The topological polar surface area (TPSA) is 38.3 Å². The van der Waals surface area contributed by atoms with Crippen LogP contribution in [0.5, 0.6) is 5.75 Å². The van der Waals surface area contributed by atoms with Crippen molar-refractivity contribution in [3.05, 3.63) is 29.8 Å². The average molecular weight is 273 g/mol. The van der Waals surface area contributed by atoms with Gasteiger partial charge in [-0.3, -0.25) is 4.79 Å². The third kappa shape index (κ3) is 2.73. The number of piperidine rings is 1. The molecule has 0 amide bonds. The number of hydrogen-bond donors (Lipinski definition) is 1. The molecule has 3 nitrogen and oxygen atoms in total. The molecular weight excluding hydrogens is 250 g/mol. The molecule has 1 saturated heterocycles. The lowest BCUT2D eigenvalue weighted by Gasteiger charge is -2.35. The van der Waals surface area contributed by atoms with Gasteiger partial charge in [-0.05, 0) is 50.8 Å². The van der Waals surface area contributed by atoms with Crippen LogP contribution in [0.15, 0.2) is 24.3 Å². The minimum atomic E-state index is -0.226. The summed E-state index contributed by atoms with van der Waals surface area (Å²) in [5.41, 5.74) is 0.574. The molecule has 0 aromatic heterocycles. The third-order valence-electron chi connectivity index (χ3n) is 4.55. The van der Waals surface area contributed by atoms with Crippen molar-refractivity contribution in [1.29, 1.82) is 0 Å². The SMILES string of the molecule is CCC1(C(=O)c2cccc(OC3CC3)c2)CCCNC1. The van der Waals surface area contributed by atoms with Gasteiger partial charge >= 0.3 is 0 Å². The molecule has 1 atom stereocenters. The first-order valence-corrected chi connectivity index (χ1v) is 7.76. The molecule has 108 valence electrons. The smallest absolute Gasteiger partial charge is 0.170 e. The Morgan fingerprint density at radius 3 is 2.95 bits per heavy atom. The highest BCUT2D eigenvalue weighted by Crippen LogP contribution is 2.35. The van der Waals surface area contributed by atoms with Crippen molar-refractivity contribution >= 4 is 5.78 Å². The minimum absolute atomic E-state index is 0.226. The molecule has 0 spiro atoms. The zero-order valence-corrected chi connectivity index (χ0v) is 12.2. The van der Waals surface area contributed by atoms with Crippen LogP contribution >= 0.6 is 0 Å². The molecule has 2 fully saturated rings. The number of rotatable bonds is 5. The van der Waals surface area contributed by atoms with Gasteiger partial charge in [-0.15, -0.1) is 0 Å². The van der Waals surface area contributed by atoms with Crippen molar-refractivity contribution in [1.82, 2.24) is 5.32 Å². The Bertz CT molecular complexity index is 488. The van der Waals surface area contributed by atoms with Gasteiger partial charge in [-0.2, -0.15) is 0 Å². The lowest BCUT2D eigenvalue weighted by atomic mass is 9.73. The molecule has 3 heteroatoms. The highest BCUT2D eigenvalue weighted by Gasteiger charge is 2.38. The monoisotopic (exact) mass is 273 g/mol. The Morgan fingerprint density at radius 1 is 1.45 bits per heavy atom. The van der Waals surface area contributed by atoms with Crippen LogP contribution in [0.2, 0.25) is 0 Å². The van der Waals surface area contributed by atoms with Crippen LogP contribution in [0.25, 0.3) is 0 Å². The number of hydrogen-bond acceptors (Lipinski definition) is 3. The lowest BCUT2D eigenvalue weighted by Crippen LogP contribution is -2.45. The molecule has 2 aliphatic rings. The van der Waals surface area contributed by atoms with E-state index >= 15 is 0 Å². The van der Waals surface area contributed by atoms with Crippen LogP contribution in [0.4, 0.5) is 0 Å². The second-order valence-electron chi connectivity index (χ2n) is 6.09. The van der Waals surface area contributed by atoms with Gasteiger partial charge < -0.3 is 10.1 Å². The maximum atomic E-state index is 12.9.